The Morgan fingerprint density at radius 1 is 1.50 bits per heavy atom. The first-order chi connectivity index (χ1) is 7.80. The molecule has 1 atom stereocenters. The lowest BCUT2D eigenvalue weighted by Gasteiger charge is -2.17. The molecule has 0 radical (unpaired) electrons. The quantitative estimate of drug-likeness (QED) is 0.838. The van der Waals surface area contributed by atoms with Crippen LogP contribution in [-0.4, -0.2) is 33.8 Å². The van der Waals surface area contributed by atoms with Gasteiger partial charge in [0.15, 0.2) is 0 Å². The molecule has 0 aromatic heterocycles. The predicted molar refractivity (Wildman–Crippen MR) is 67.5 cm³/mol. The highest BCUT2D eigenvalue weighted by molar-refractivity contribution is 5.62. The van der Waals surface area contributed by atoms with E-state index in [0.29, 0.717) is 5.92 Å². The summed E-state index contributed by atoms with van der Waals surface area (Å²) in [6.07, 6.45) is 0. The maximum atomic E-state index is 5.30. The van der Waals surface area contributed by atoms with Gasteiger partial charge in [-0.25, -0.2) is 0 Å². The lowest BCUT2D eigenvalue weighted by Crippen LogP contribution is -2.25. The van der Waals surface area contributed by atoms with Gasteiger partial charge in [0.05, 0.1) is 7.11 Å². The third kappa shape index (κ3) is 1.87. The number of nitrogens with one attached hydrogen (secondary N) is 1. The Kier molecular flexibility index (Phi) is 3.34. The minimum atomic E-state index is 0.579. The number of fused-ring (bicyclic) bond motifs is 1. The summed E-state index contributed by atoms with van der Waals surface area (Å²) in [5.74, 6) is 1.54. The van der Waals surface area contributed by atoms with E-state index in [4.69, 9.17) is 4.74 Å². The van der Waals surface area contributed by atoms with Crippen LogP contribution in [0.2, 0.25) is 0 Å². The van der Waals surface area contributed by atoms with Gasteiger partial charge in [-0.2, -0.15) is 0 Å². The van der Waals surface area contributed by atoms with Crippen molar-refractivity contribution in [3.05, 3.63) is 23.8 Å². The molecule has 1 aliphatic rings. The van der Waals surface area contributed by atoms with Gasteiger partial charge in [-0.3, -0.25) is 0 Å². The Hall–Kier alpha value is -1.22. The standard InChI is InChI=1S/C13H20N2O/c1-4-15-9-10(8-14-2)12-7-11(16-3)5-6-13(12)15/h5-7,10,14H,4,8-9H2,1-3H3. The summed E-state index contributed by atoms with van der Waals surface area (Å²) >= 11 is 0. The average Bonchev–Trinajstić information content (AvgIpc) is 2.67. The molecule has 0 amide bonds. The van der Waals surface area contributed by atoms with Gasteiger partial charge >= 0.3 is 0 Å². The van der Waals surface area contributed by atoms with Crippen molar-refractivity contribution in [3.63, 3.8) is 0 Å². The molecule has 2 rings (SSSR count). The van der Waals surface area contributed by atoms with Crippen LogP contribution in [0, 0.1) is 0 Å². The summed E-state index contributed by atoms with van der Waals surface area (Å²) in [7, 11) is 3.73. The smallest absolute Gasteiger partial charge is 0.119 e. The summed E-state index contributed by atoms with van der Waals surface area (Å²) < 4.78 is 5.30. The van der Waals surface area contributed by atoms with E-state index >= 15 is 0 Å². The van der Waals surface area contributed by atoms with Gasteiger partial charge in [-0.1, -0.05) is 0 Å². The Balaban J connectivity index is 2.33. The van der Waals surface area contributed by atoms with Gasteiger partial charge in [0.1, 0.15) is 5.75 Å². The van der Waals surface area contributed by atoms with Gasteiger partial charge in [0.25, 0.3) is 0 Å². The largest absolute Gasteiger partial charge is 0.497 e. The Bertz CT molecular complexity index is 365. The molecular weight excluding hydrogens is 200 g/mol. The maximum Gasteiger partial charge on any atom is 0.119 e. The van der Waals surface area contributed by atoms with Crippen LogP contribution in [-0.2, 0) is 0 Å². The number of methoxy groups -OCH3 is 1. The van der Waals surface area contributed by atoms with Crippen LogP contribution in [0.15, 0.2) is 18.2 Å². The number of nitrogens with zero attached hydrogens (tertiary/aromatic N) is 1. The molecule has 0 aliphatic carbocycles. The normalized spacial score (nSPS) is 18.7. The number of benzene rings is 1. The third-order valence-electron chi connectivity index (χ3n) is 3.29. The van der Waals surface area contributed by atoms with E-state index in [1.54, 1.807) is 7.11 Å². The van der Waals surface area contributed by atoms with Crippen molar-refractivity contribution in [3.8, 4) is 5.75 Å². The fourth-order valence-corrected chi connectivity index (χ4v) is 2.46. The van der Waals surface area contributed by atoms with E-state index in [2.05, 4.69) is 29.3 Å². The minimum absolute atomic E-state index is 0.579. The van der Waals surface area contributed by atoms with Crippen molar-refractivity contribution in [2.45, 2.75) is 12.8 Å². The van der Waals surface area contributed by atoms with E-state index < -0.39 is 0 Å². The first kappa shape index (κ1) is 11.3. The molecule has 3 heteroatoms. The third-order valence-corrected chi connectivity index (χ3v) is 3.29. The number of ether oxygens (including phenoxy) is 1. The van der Waals surface area contributed by atoms with E-state index in [9.17, 15) is 0 Å². The fraction of sp³-hybridized carbons (Fsp3) is 0.538. The highest BCUT2D eigenvalue weighted by Crippen LogP contribution is 2.37. The molecule has 16 heavy (non-hydrogen) atoms. The minimum Gasteiger partial charge on any atom is -0.497 e. The molecule has 1 aliphatic heterocycles. The highest BCUT2D eigenvalue weighted by Gasteiger charge is 2.27. The van der Waals surface area contributed by atoms with Gasteiger partial charge in [-0.15, -0.1) is 0 Å². The van der Waals surface area contributed by atoms with E-state index in [-0.39, 0.29) is 0 Å². The van der Waals surface area contributed by atoms with Crippen molar-refractivity contribution < 1.29 is 4.74 Å². The topological polar surface area (TPSA) is 24.5 Å². The zero-order chi connectivity index (χ0) is 11.5. The molecular formula is C13H20N2O. The molecule has 1 unspecified atom stereocenters. The number of hydrogen-bond acceptors (Lipinski definition) is 3. The Morgan fingerprint density at radius 3 is 2.94 bits per heavy atom. The Morgan fingerprint density at radius 2 is 2.31 bits per heavy atom. The summed E-state index contributed by atoms with van der Waals surface area (Å²) in [6, 6.07) is 6.39. The summed E-state index contributed by atoms with van der Waals surface area (Å²) in [4.78, 5) is 2.43. The second-order valence-corrected chi connectivity index (χ2v) is 4.22. The molecule has 1 heterocycles. The molecule has 0 saturated carbocycles. The molecule has 0 fully saturated rings. The predicted octanol–water partition coefficient (Wildman–Crippen LogP) is 1.84. The van der Waals surface area contributed by atoms with Crippen LogP contribution in [0.5, 0.6) is 5.75 Å². The first-order valence-corrected chi connectivity index (χ1v) is 5.87. The lowest BCUT2D eigenvalue weighted by molar-refractivity contribution is 0.414. The van der Waals surface area contributed by atoms with Crippen LogP contribution in [0.4, 0.5) is 5.69 Å². The van der Waals surface area contributed by atoms with Gasteiger partial charge in [0.2, 0.25) is 0 Å². The van der Waals surface area contributed by atoms with E-state index in [1.165, 1.54) is 11.3 Å². The van der Waals surface area contributed by atoms with E-state index in [0.717, 1.165) is 25.4 Å². The molecule has 0 spiro atoms. The second kappa shape index (κ2) is 4.74. The molecule has 1 aromatic rings. The maximum absolute atomic E-state index is 5.30. The van der Waals surface area contributed by atoms with Gasteiger partial charge in [0, 0.05) is 31.2 Å². The number of hydrogen-bond donors (Lipinski definition) is 1. The Labute approximate surface area is 97.4 Å². The van der Waals surface area contributed by atoms with Crippen LogP contribution in [0.1, 0.15) is 18.4 Å². The lowest BCUT2D eigenvalue weighted by atomic mass is 10.0. The van der Waals surface area contributed by atoms with Crippen LogP contribution in [0.3, 0.4) is 0 Å². The van der Waals surface area contributed by atoms with Gasteiger partial charge in [-0.05, 0) is 37.7 Å². The molecule has 88 valence electrons. The first-order valence-electron chi connectivity index (χ1n) is 5.87. The molecule has 1 aromatic carbocycles. The van der Waals surface area contributed by atoms with Crippen LogP contribution >= 0.6 is 0 Å². The second-order valence-electron chi connectivity index (χ2n) is 4.22. The molecule has 0 saturated heterocycles. The number of rotatable bonds is 4. The van der Waals surface area contributed by atoms with Crippen molar-refractivity contribution in [2.75, 3.05) is 38.7 Å². The summed E-state index contributed by atoms with van der Waals surface area (Å²) in [5, 5.41) is 3.27. The van der Waals surface area contributed by atoms with Crippen LogP contribution < -0.4 is 15.0 Å². The van der Waals surface area contributed by atoms with Gasteiger partial charge < -0.3 is 15.0 Å². The van der Waals surface area contributed by atoms with Crippen molar-refractivity contribution in [1.29, 1.82) is 0 Å². The molecule has 1 N–H and O–H groups in total. The zero-order valence-electron chi connectivity index (χ0n) is 10.3. The van der Waals surface area contributed by atoms with Crippen molar-refractivity contribution in [2.24, 2.45) is 0 Å². The zero-order valence-corrected chi connectivity index (χ0v) is 10.3. The fourth-order valence-electron chi connectivity index (χ4n) is 2.46. The molecule has 3 nitrogen and oxygen atoms in total. The summed E-state index contributed by atoms with van der Waals surface area (Å²) in [5.41, 5.74) is 2.78. The van der Waals surface area contributed by atoms with Crippen molar-refractivity contribution >= 4 is 5.69 Å². The van der Waals surface area contributed by atoms with E-state index in [1.807, 2.05) is 13.1 Å². The number of anilines is 1. The average molecular weight is 220 g/mol. The van der Waals surface area contributed by atoms with Crippen molar-refractivity contribution in [1.82, 2.24) is 5.32 Å². The monoisotopic (exact) mass is 220 g/mol. The number of likely N-dealkylation sites (N-methyl/N-ethyl adjacent to an activating group) is 2. The SMILES string of the molecule is CCN1CC(CNC)c2cc(OC)ccc21. The highest BCUT2D eigenvalue weighted by atomic mass is 16.5. The molecule has 0 bridgehead atoms. The summed E-state index contributed by atoms with van der Waals surface area (Å²) in [6.45, 7) is 5.41. The van der Waals surface area contributed by atoms with Crippen LogP contribution in [0.25, 0.3) is 0 Å².